The second kappa shape index (κ2) is 9.03. The summed E-state index contributed by atoms with van der Waals surface area (Å²) in [5.41, 5.74) is 6.78. The molecule has 4 nitrogen and oxygen atoms in total. The number of hydrogen-bond acceptors (Lipinski definition) is 3. The van der Waals surface area contributed by atoms with E-state index in [9.17, 15) is 4.79 Å². The zero-order valence-corrected chi connectivity index (χ0v) is 15.3. The summed E-state index contributed by atoms with van der Waals surface area (Å²) in [5, 5.41) is 7.05. The molecule has 0 spiro atoms. The van der Waals surface area contributed by atoms with E-state index in [0.29, 0.717) is 0 Å². The average Bonchev–Trinajstić information content (AvgIpc) is 2.56. The summed E-state index contributed by atoms with van der Waals surface area (Å²) in [6.07, 6.45) is 5.25. The molecule has 0 unspecified atom stereocenters. The molecule has 0 aliphatic carbocycles. The van der Waals surface area contributed by atoms with Gasteiger partial charge in [-0.15, -0.1) is 0 Å². The summed E-state index contributed by atoms with van der Waals surface area (Å²) in [5.74, 6) is -0.189. The predicted octanol–water partition coefficient (Wildman–Crippen LogP) is 4.29. The number of hydrogen-bond donors (Lipinski definition) is 2. The van der Waals surface area contributed by atoms with Crippen molar-refractivity contribution in [2.75, 3.05) is 11.9 Å². The molecule has 0 aliphatic heterocycles. The lowest BCUT2D eigenvalue weighted by atomic mass is 10.1. The Balaban J connectivity index is 1.77. The fourth-order valence-corrected chi connectivity index (χ4v) is 2.45. The van der Waals surface area contributed by atoms with Gasteiger partial charge in [0.05, 0.1) is 6.54 Å². The molecule has 0 heterocycles. The Morgan fingerprint density at radius 1 is 1.12 bits per heavy atom. The molecule has 124 valence electrons. The third kappa shape index (κ3) is 5.66. The van der Waals surface area contributed by atoms with Crippen LogP contribution in [0.25, 0.3) is 6.08 Å². The fourth-order valence-electron chi connectivity index (χ4n) is 2.18. The van der Waals surface area contributed by atoms with Crippen molar-refractivity contribution < 1.29 is 4.79 Å². The molecule has 0 bridgehead atoms. The van der Waals surface area contributed by atoms with E-state index in [1.807, 2.05) is 62.4 Å². The molecule has 2 aromatic rings. The minimum absolute atomic E-state index is 0.180. The number of nitrogens with zero attached hydrogens (tertiary/aromatic N) is 1. The van der Waals surface area contributed by atoms with Crippen molar-refractivity contribution >= 4 is 39.8 Å². The molecule has 0 radical (unpaired) electrons. The molecule has 1 amide bonds. The number of aryl methyl sites for hydroxylation is 2. The largest absolute Gasteiger partial charge is 0.376 e. The number of para-hydroxylation sites is 1. The first-order valence-electron chi connectivity index (χ1n) is 7.60. The van der Waals surface area contributed by atoms with Crippen molar-refractivity contribution in [1.82, 2.24) is 5.43 Å². The van der Waals surface area contributed by atoms with Gasteiger partial charge in [0.15, 0.2) is 0 Å². The third-order valence-electron chi connectivity index (χ3n) is 3.42. The van der Waals surface area contributed by atoms with Crippen LogP contribution in [0.4, 0.5) is 5.69 Å². The Morgan fingerprint density at radius 3 is 2.46 bits per heavy atom. The van der Waals surface area contributed by atoms with Crippen LogP contribution in [0.1, 0.15) is 16.7 Å². The van der Waals surface area contributed by atoms with Crippen molar-refractivity contribution in [3.63, 3.8) is 0 Å². The summed E-state index contributed by atoms with van der Waals surface area (Å²) in [6, 6.07) is 13.9. The Morgan fingerprint density at radius 2 is 1.79 bits per heavy atom. The zero-order chi connectivity index (χ0) is 17.4. The molecular formula is C19H20BrN3O. The number of hydrazone groups is 1. The summed E-state index contributed by atoms with van der Waals surface area (Å²) >= 11 is 3.39. The molecule has 0 atom stereocenters. The minimum atomic E-state index is -0.189. The van der Waals surface area contributed by atoms with E-state index >= 15 is 0 Å². The van der Waals surface area contributed by atoms with Crippen molar-refractivity contribution in [3.8, 4) is 0 Å². The number of rotatable bonds is 6. The maximum Gasteiger partial charge on any atom is 0.259 e. The van der Waals surface area contributed by atoms with Gasteiger partial charge in [-0.3, -0.25) is 4.79 Å². The number of carbonyl (C=O) groups excluding carboxylic acids is 1. The Hall–Kier alpha value is -2.40. The fraction of sp³-hybridized carbons (Fsp3) is 0.158. The molecule has 2 N–H and O–H groups in total. The molecule has 5 heteroatoms. The van der Waals surface area contributed by atoms with Gasteiger partial charge in [0, 0.05) is 16.4 Å². The van der Waals surface area contributed by atoms with Crippen LogP contribution in [0, 0.1) is 13.8 Å². The van der Waals surface area contributed by atoms with E-state index in [0.717, 1.165) is 26.9 Å². The van der Waals surface area contributed by atoms with E-state index in [2.05, 4.69) is 31.8 Å². The first-order chi connectivity index (χ1) is 11.6. The van der Waals surface area contributed by atoms with Gasteiger partial charge >= 0.3 is 0 Å². The highest BCUT2D eigenvalue weighted by atomic mass is 79.9. The summed E-state index contributed by atoms with van der Waals surface area (Å²) in [6.45, 7) is 4.20. The molecule has 0 fully saturated rings. The van der Waals surface area contributed by atoms with Gasteiger partial charge < -0.3 is 5.32 Å². The van der Waals surface area contributed by atoms with Crippen LogP contribution in [0.3, 0.4) is 0 Å². The molecule has 0 saturated heterocycles. The van der Waals surface area contributed by atoms with Gasteiger partial charge in [-0.25, -0.2) is 5.43 Å². The lowest BCUT2D eigenvalue weighted by Gasteiger charge is -2.11. The van der Waals surface area contributed by atoms with Crippen LogP contribution in [0.2, 0.25) is 0 Å². The molecule has 2 aromatic carbocycles. The molecular weight excluding hydrogens is 366 g/mol. The molecule has 0 aromatic heterocycles. The minimum Gasteiger partial charge on any atom is -0.376 e. The van der Waals surface area contributed by atoms with Gasteiger partial charge in [0.25, 0.3) is 5.91 Å². The van der Waals surface area contributed by atoms with E-state index in [-0.39, 0.29) is 12.5 Å². The topological polar surface area (TPSA) is 53.5 Å². The monoisotopic (exact) mass is 385 g/mol. The lowest BCUT2D eigenvalue weighted by molar-refractivity contribution is -0.119. The first kappa shape index (κ1) is 17.9. The number of amides is 1. The van der Waals surface area contributed by atoms with Crippen LogP contribution < -0.4 is 10.7 Å². The van der Waals surface area contributed by atoms with Crippen LogP contribution >= 0.6 is 15.9 Å². The Kier molecular flexibility index (Phi) is 6.75. The molecule has 2 rings (SSSR count). The maximum absolute atomic E-state index is 11.8. The number of carbonyl (C=O) groups is 1. The van der Waals surface area contributed by atoms with Gasteiger partial charge in [-0.2, -0.15) is 5.10 Å². The summed E-state index contributed by atoms with van der Waals surface area (Å²) in [4.78, 5) is 11.8. The highest BCUT2D eigenvalue weighted by Gasteiger charge is 2.04. The van der Waals surface area contributed by atoms with Gasteiger partial charge in [-0.05, 0) is 48.7 Å². The van der Waals surface area contributed by atoms with Crippen LogP contribution in [-0.4, -0.2) is 18.7 Å². The van der Waals surface area contributed by atoms with Crippen molar-refractivity contribution in [3.05, 3.63) is 69.7 Å². The lowest BCUT2D eigenvalue weighted by Crippen LogP contribution is -2.26. The summed E-state index contributed by atoms with van der Waals surface area (Å²) < 4.78 is 1.04. The van der Waals surface area contributed by atoms with Crippen molar-refractivity contribution in [2.24, 2.45) is 5.10 Å². The first-order valence-corrected chi connectivity index (χ1v) is 8.40. The van der Waals surface area contributed by atoms with E-state index < -0.39 is 0 Å². The van der Waals surface area contributed by atoms with Gasteiger partial charge in [-0.1, -0.05) is 52.3 Å². The van der Waals surface area contributed by atoms with Crippen molar-refractivity contribution in [1.29, 1.82) is 0 Å². The highest BCUT2D eigenvalue weighted by molar-refractivity contribution is 9.10. The number of nitrogens with one attached hydrogen (secondary N) is 2. The predicted molar refractivity (Wildman–Crippen MR) is 104 cm³/mol. The quantitative estimate of drug-likeness (QED) is 0.575. The second-order valence-corrected chi connectivity index (χ2v) is 6.26. The molecule has 0 aliphatic rings. The number of anilines is 1. The van der Waals surface area contributed by atoms with E-state index in [1.165, 1.54) is 0 Å². The SMILES string of the molecule is Cc1cccc(C)c1NCC(=O)NN=CC=Cc1ccc(Br)cc1. The average molecular weight is 386 g/mol. The Bertz CT molecular complexity index is 731. The summed E-state index contributed by atoms with van der Waals surface area (Å²) in [7, 11) is 0. The Labute approximate surface area is 150 Å². The number of benzene rings is 2. The van der Waals surface area contributed by atoms with Crippen LogP contribution in [0.15, 0.2) is 58.1 Å². The zero-order valence-electron chi connectivity index (χ0n) is 13.7. The van der Waals surface area contributed by atoms with Crippen LogP contribution in [-0.2, 0) is 4.79 Å². The normalized spacial score (nSPS) is 11.1. The maximum atomic E-state index is 11.8. The molecule has 0 saturated carbocycles. The van der Waals surface area contributed by atoms with E-state index in [4.69, 9.17) is 0 Å². The van der Waals surface area contributed by atoms with E-state index in [1.54, 1.807) is 12.3 Å². The van der Waals surface area contributed by atoms with Gasteiger partial charge in [0.2, 0.25) is 0 Å². The molecule has 24 heavy (non-hydrogen) atoms. The van der Waals surface area contributed by atoms with Crippen LogP contribution in [0.5, 0.6) is 0 Å². The van der Waals surface area contributed by atoms with Crippen molar-refractivity contribution in [2.45, 2.75) is 13.8 Å². The number of allylic oxidation sites excluding steroid dienone is 1. The van der Waals surface area contributed by atoms with Gasteiger partial charge in [0.1, 0.15) is 0 Å². The highest BCUT2D eigenvalue weighted by Crippen LogP contribution is 2.18. The standard InChI is InChI=1S/C19H20BrN3O/c1-14-5-3-6-15(2)19(14)21-13-18(24)23-22-12-4-7-16-8-10-17(20)11-9-16/h3-12,21H,13H2,1-2H3,(H,23,24). The third-order valence-corrected chi connectivity index (χ3v) is 3.94. The smallest absolute Gasteiger partial charge is 0.259 e. The number of halogens is 1. The second-order valence-electron chi connectivity index (χ2n) is 5.34.